The van der Waals surface area contributed by atoms with Crippen LogP contribution < -0.4 is 21.1 Å². The third-order valence-corrected chi connectivity index (χ3v) is 4.56. The van der Waals surface area contributed by atoms with Crippen molar-refractivity contribution in [3.05, 3.63) is 59.2 Å². The first kappa shape index (κ1) is 20.3. The van der Waals surface area contributed by atoms with E-state index in [0.717, 1.165) is 16.8 Å². The van der Waals surface area contributed by atoms with Gasteiger partial charge in [0.15, 0.2) is 0 Å². The molecule has 0 aliphatic carbocycles. The maximum atomic E-state index is 13.9. The van der Waals surface area contributed by atoms with Gasteiger partial charge in [0.2, 0.25) is 5.88 Å². The number of rotatable bonds is 7. The summed E-state index contributed by atoms with van der Waals surface area (Å²) in [5.74, 6) is 0.184. The molecule has 150 valence electrons. The second-order valence-corrected chi connectivity index (χ2v) is 6.58. The van der Waals surface area contributed by atoms with Gasteiger partial charge in [-0.25, -0.2) is 9.37 Å². The number of ether oxygens (including phenoxy) is 1. The van der Waals surface area contributed by atoms with Crippen molar-refractivity contribution in [2.75, 3.05) is 32.0 Å². The van der Waals surface area contributed by atoms with Gasteiger partial charge in [-0.2, -0.15) is 5.26 Å². The van der Waals surface area contributed by atoms with Crippen molar-refractivity contribution >= 4 is 17.5 Å². The summed E-state index contributed by atoms with van der Waals surface area (Å²) in [6, 6.07) is 8.40. The lowest BCUT2D eigenvalue weighted by Gasteiger charge is -2.27. The van der Waals surface area contributed by atoms with Gasteiger partial charge in [0.25, 0.3) is 0 Å². The molecule has 0 amide bonds. The molecule has 1 unspecified atom stereocenters. The molecule has 0 bridgehead atoms. The third-order valence-electron chi connectivity index (χ3n) is 4.56. The fourth-order valence-electron chi connectivity index (χ4n) is 3.03. The van der Waals surface area contributed by atoms with Gasteiger partial charge in [0.05, 0.1) is 23.9 Å². The number of hydrogen-bond acceptors (Lipinski definition) is 7. The molecule has 8 heteroatoms. The summed E-state index contributed by atoms with van der Waals surface area (Å²) in [5, 5.41) is 15.4. The van der Waals surface area contributed by atoms with Crippen molar-refractivity contribution in [3.8, 4) is 11.9 Å². The number of nitrogens with one attached hydrogen (secondary N) is 2. The quantitative estimate of drug-likeness (QED) is 0.490. The Morgan fingerprint density at radius 1 is 1.52 bits per heavy atom. The zero-order chi connectivity index (χ0) is 20.6. The molecule has 1 aliphatic rings. The fourth-order valence-corrected chi connectivity index (χ4v) is 3.03. The van der Waals surface area contributed by atoms with Crippen molar-refractivity contribution in [2.24, 2.45) is 10.7 Å². The third kappa shape index (κ3) is 5.09. The molecule has 4 N–H and O–H groups in total. The van der Waals surface area contributed by atoms with E-state index in [1.807, 2.05) is 12.1 Å². The number of benzene rings is 1. The fraction of sp³-hybridized carbons (Fsp3) is 0.286. The summed E-state index contributed by atoms with van der Waals surface area (Å²) in [4.78, 5) is 8.36. The Hall–Kier alpha value is -3.44. The highest BCUT2D eigenvalue weighted by molar-refractivity contribution is 6.09. The lowest BCUT2D eigenvalue weighted by molar-refractivity contribution is 0.194. The van der Waals surface area contributed by atoms with Gasteiger partial charge in [-0.1, -0.05) is 6.07 Å². The number of pyridine rings is 1. The van der Waals surface area contributed by atoms with Crippen LogP contribution in [0.15, 0.2) is 41.7 Å². The standard InChI is InChI=1S/C21H23FN6O/c1-25-10-17(9-24)16-7-20-21(28-11-16)29-18(13-27-20)12-26-5-4-15-3-2-14(8-23)6-19(15)22/h2-3,6-7,9-11,18,26-27H,4-5,12-13,24H2,1H3/b17-9+,25-10?. The first-order valence-electron chi connectivity index (χ1n) is 9.29. The maximum Gasteiger partial charge on any atom is 0.237 e. The Morgan fingerprint density at radius 3 is 3.10 bits per heavy atom. The zero-order valence-electron chi connectivity index (χ0n) is 16.2. The molecular formula is C21H23FN6O. The maximum absolute atomic E-state index is 13.9. The number of anilines is 1. The number of aliphatic imine (C=N–C) groups is 1. The summed E-state index contributed by atoms with van der Waals surface area (Å²) >= 11 is 0. The number of fused-ring (bicyclic) bond motifs is 1. The molecule has 3 rings (SSSR count). The SMILES string of the molecule is CN=C/C(=C\N)c1cnc2c(c1)NCC(CNCCc1ccc(C#N)cc1F)O2. The van der Waals surface area contributed by atoms with Crippen LogP contribution in [0.25, 0.3) is 5.57 Å². The molecule has 7 nitrogen and oxygen atoms in total. The Balaban J connectivity index is 1.51. The van der Waals surface area contributed by atoms with Gasteiger partial charge in [0, 0.05) is 43.3 Å². The molecule has 1 aromatic heterocycles. The van der Waals surface area contributed by atoms with Crippen LogP contribution in [0.2, 0.25) is 0 Å². The first-order chi connectivity index (χ1) is 14.1. The molecule has 1 atom stereocenters. The minimum absolute atomic E-state index is 0.0895. The van der Waals surface area contributed by atoms with E-state index in [2.05, 4.69) is 20.6 Å². The first-order valence-corrected chi connectivity index (χ1v) is 9.29. The molecule has 0 saturated carbocycles. The molecule has 1 aromatic carbocycles. The van der Waals surface area contributed by atoms with Gasteiger partial charge in [0.1, 0.15) is 11.9 Å². The van der Waals surface area contributed by atoms with Crippen LogP contribution in [0, 0.1) is 17.1 Å². The average Bonchev–Trinajstić information content (AvgIpc) is 2.75. The van der Waals surface area contributed by atoms with Gasteiger partial charge in [-0.15, -0.1) is 0 Å². The predicted molar refractivity (Wildman–Crippen MR) is 111 cm³/mol. The summed E-state index contributed by atoms with van der Waals surface area (Å²) < 4.78 is 19.8. The van der Waals surface area contributed by atoms with Crippen molar-refractivity contribution in [1.29, 1.82) is 5.26 Å². The molecule has 2 aromatic rings. The second-order valence-electron chi connectivity index (χ2n) is 6.58. The summed E-state index contributed by atoms with van der Waals surface area (Å²) in [6.07, 6.45) is 5.31. The normalized spacial score (nSPS) is 16.0. The van der Waals surface area contributed by atoms with Crippen molar-refractivity contribution < 1.29 is 9.13 Å². The minimum Gasteiger partial charge on any atom is -0.470 e. The van der Waals surface area contributed by atoms with Crippen molar-refractivity contribution in [1.82, 2.24) is 10.3 Å². The van der Waals surface area contributed by atoms with Crippen LogP contribution in [0.3, 0.4) is 0 Å². The Kier molecular flexibility index (Phi) is 6.76. The smallest absolute Gasteiger partial charge is 0.237 e. The topological polar surface area (TPSA) is 108 Å². The lowest BCUT2D eigenvalue weighted by atomic mass is 10.1. The van der Waals surface area contributed by atoms with E-state index in [-0.39, 0.29) is 11.9 Å². The monoisotopic (exact) mass is 394 g/mol. The van der Waals surface area contributed by atoms with Crippen molar-refractivity contribution in [2.45, 2.75) is 12.5 Å². The van der Waals surface area contributed by atoms with Gasteiger partial charge < -0.3 is 21.1 Å². The van der Waals surface area contributed by atoms with Crippen LogP contribution in [-0.2, 0) is 6.42 Å². The van der Waals surface area contributed by atoms with Crippen LogP contribution in [0.4, 0.5) is 10.1 Å². The lowest BCUT2D eigenvalue weighted by Crippen LogP contribution is -2.40. The molecule has 2 heterocycles. The van der Waals surface area contributed by atoms with E-state index in [0.29, 0.717) is 43.1 Å². The minimum atomic E-state index is -0.352. The van der Waals surface area contributed by atoms with E-state index < -0.39 is 0 Å². The number of hydrogen-bond donors (Lipinski definition) is 3. The summed E-state index contributed by atoms with van der Waals surface area (Å²) in [7, 11) is 1.68. The highest BCUT2D eigenvalue weighted by Gasteiger charge is 2.20. The van der Waals surface area contributed by atoms with Crippen LogP contribution >= 0.6 is 0 Å². The number of aromatic nitrogens is 1. The average molecular weight is 394 g/mol. The van der Waals surface area contributed by atoms with Gasteiger partial charge in [-0.3, -0.25) is 4.99 Å². The number of nitrogens with zero attached hydrogens (tertiary/aromatic N) is 3. The van der Waals surface area contributed by atoms with Crippen LogP contribution in [-0.4, -0.2) is 44.0 Å². The van der Waals surface area contributed by atoms with Crippen molar-refractivity contribution in [3.63, 3.8) is 0 Å². The molecule has 29 heavy (non-hydrogen) atoms. The van der Waals surface area contributed by atoms with Gasteiger partial charge in [-0.05, 0) is 36.7 Å². The molecule has 0 saturated heterocycles. The molecular weight excluding hydrogens is 371 g/mol. The van der Waals surface area contributed by atoms with E-state index >= 15 is 0 Å². The predicted octanol–water partition coefficient (Wildman–Crippen LogP) is 2.10. The molecule has 1 aliphatic heterocycles. The van der Waals surface area contributed by atoms with Gasteiger partial charge >= 0.3 is 0 Å². The van der Waals surface area contributed by atoms with E-state index in [1.165, 1.54) is 12.3 Å². The van der Waals surface area contributed by atoms with Crippen LogP contribution in [0.5, 0.6) is 5.88 Å². The Morgan fingerprint density at radius 2 is 2.38 bits per heavy atom. The number of halogens is 1. The Labute approximate surface area is 169 Å². The van der Waals surface area contributed by atoms with E-state index in [1.54, 1.807) is 31.6 Å². The molecule has 0 spiro atoms. The zero-order valence-corrected chi connectivity index (χ0v) is 16.2. The number of nitrogens with two attached hydrogens (primary N) is 1. The summed E-state index contributed by atoms with van der Waals surface area (Å²) in [6.45, 7) is 1.83. The van der Waals surface area contributed by atoms with E-state index in [9.17, 15) is 4.39 Å². The second kappa shape index (κ2) is 9.66. The summed E-state index contributed by atoms with van der Waals surface area (Å²) in [5.41, 5.74) is 9.00. The number of nitriles is 1. The largest absolute Gasteiger partial charge is 0.470 e. The highest BCUT2D eigenvalue weighted by atomic mass is 19.1. The number of allylic oxidation sites excluding steroid dienone is 1. The van der Waals surface area contributed by atoms with Crippen LogP contribution in [0.1, 0.15) is 16.7 Å². The Bertz CT molecular complexity index is 966. The molecule has 0 radical (unpaired) electrons. The highest BCUT2D eigenvalue weighted by Crippen LogP contribution is 2.29. The molecule has 0 fully saturated rings. The van der Waals surface area contributed by atoms with E-state index in [4.69, 9.17) is 15.7 Å².